The van der Waals surface area contributed by atoms with Crippen LogP contribution in [0.1, 0.15) is 38.7 Å². The summed E-state index contributed by atoms with van der Waals surface area (Å²) < 4.78 is 0. The molecule has 1 aliphatic rings. The lowest BCUT2D eigenvalue weighted by Crippen LogP contribution is -2.28. The van der Waals surface area contributed by atoms with E-state index < -0.39 is 0 Å². The summed E-state index contributed by atoms with van der Waals surface area (Å²) in [6, 6.07) is 8.57. The Morgan fingerprint density at radius 2 is 1.94 bits per heavy atom. The van der Waals surface area contributed by atoms with Crippen LogP contribution in [0.2, 0.25) is 0 Å². The molecule has 1 aromatic carbocycles. The molecule has 1 saturated carbocycles. The molecule has 0 saturated heterocycles. The Bertz CT molecular complexity index is 393. The van der Waals surface area contributed by atoms with Gasteiger partial charge in [0.1, 0.15) is 0 Å². The molecular formula is C15H22N2O. The maximum absolute atomic E-state index is 11.8. The van der Waals surface area contributed by atoms with Crippen LogP contribution in [0, 0.1) is 5.92 Å². The van der Waals surface area contributed by atoms with Crippen LogP contribution in [0.25, 0.3) is 0 Å². The second kappa shape index (κ2) is 6.01. The summed E-state index contributed by atoms with van der Waals surface area (Å²) in [7, 11) is 0. The number of nitrogens with one attached hydrogen (secondary N) is 2. The minimum Gasteiger partial charge on any atom is -0.326 e. The first-order valence-electron chi connectivity index (χ1n) is 6.78. The van der Waals surface area contributed by atoms with Crippen LogP contribution in [-0.2, 0) is 11.3 Å². The van der Waals surface area contributed by atoms with Gasteiger partial charge in [-0.05, 0) is 30.5 Å². The van der Waals surface area contributed by atoms with E-state index in [2.05, 4.69) is 36.6 Å². The largest absolute Gasteiger partial charge is 0.326 e. The summed E-state index contributed by atoms with van der Waals surface area (Å²) in [4.78, 5) is 11.8. The number of rotatable bonds is 5. The van der Waals surface area contributed by atoms with Gasteiger partial charge in [-0.3, -0.25) is 4.79 Å². The van der Waals surface area contributed by atoms with Gasteiger partial charge in [0.25, 0.3) is 0 Å². The predicted molar refractivity (Wildman–Crippen MR) is 74.4 cm³/mol. The predicted octanol–water partition coefficient (Wildman–Crippen LogP) is 2.92. The normalized spacial score (nSPS) is 15.5. The van der Waals surface area contributed by atoms with E-state index in [9.17, 15) is 4.79 Å². The van der Waals surface area contributed by atoms with Crippen molar-refractivity contribution in [3.8, 4) is 0 Å². The number of hydrogen-bond acceptors (Lipinski definition) is 2. The molecule has 2 N–H and O–H groups in total. The molecule has 18 heavy (non-hydrogen) atoms. The molecule has 0 spiro atoms. The first kappa shape index (κ1) is 13.1. The summed E-state index contributed by atoms with van der Waals surface area (Å²) in [6.07, 6.45) is 3.28. The second-order valence-electron chi connectivity index (χ2n) is 5.35. The second-order valence-corrected chi connectivity index (χ2v) is 5.35. The molecule has 0 aliphatic heterocycles. The SMILES string of the molecule is CC(C)NCc1ccc(NC(=O)C2CCC2)cc1. The topological polar surface area (TPSA) is 41.1 Å². The highest BCUT2D eigenvalue weighted by Crippen LogP contribution is 2.27. The van der Waals surface area contributed by atoms with Gasteiger partial charge in [-0.1, -0.05) is 32.4 Å². The number of benzene rings is 1. The van der Waals surface area contributed by atoms with Crippen molar-refractivity contribution in [2.45, 2.75) is 45.7 Å². The van der Waals surface area contributed by atoms with Crippen molar-refractivity contribution >= 4 is 11.6 Å². The van der Waals surface area contributed by atoms with Crippen molar-refractivity contribution in [2.24, 2.45) is 5.92 Å². The van der Waals surface area contributed by atoms with Crippen LogP contribution in [0.5, 0.6) is 0 Å². The Hall–Kier alpha value is -1.35. The molecule has 3 heteroatoms. The maximum atomic E-state index is 11.8. The van der Waals surface area contributed by atoms with E-state index in [1.807, 2.05) is 12.1 Å². The van der Waals surface area contributed by atoms with Gasteiger partial charge >= 0.3 is 0 Å². The van der Waals surface area contributed by atoms with E-state index in [0.717, 1.165) is 25.1 Å². The number of carbonyl (C=O) groups excluding carboxylic acids is 1. The van der Waals surface area contributed by atoms with E-state index in [4.69, 9.17) is 0 Å². The molecule has 0 heterocycles. The fourth-order valence-corrected chi connectivity index (χ4v) is 1.94. The van der Waals surface area contributed by atoms with Crippen LogP contribution >= 0.6 is 0 Å². The lowest BCUT2D eigenvalue weighted by atomic mass is 9.85. The molecule has 3 nitrogen and oxygen atoms in total. The van der Waals surface area contributed by atoms with Gasteiger partial charge in [0.15, 0.2) is 0 Å². The molecule has 0 unspecified atom stereocenters. The van der Waals surface area contributed by atoms with E-state index in [1.165, 1.54) is 12.0 Å². The Kier molecular flexibility index (Phi) is 4.37. The van der Waals surface area contributed by atoms with E-state index >= 15 is 0 Å². The molecule has 1 fully saturated rings. The van der Waals surface area contributed by atoms with E-state index in [-0.39, 0.29) is 11.8 Å². The Labute approximate surface area is 109 Å². The minimum absolute atomic E-state index is 0.175. The van der Waals surface area contributed by atoms with Gasteiger partial charge in [-0.25, -0.2) is 0 Å². The summed E-state index contributed by atoms with van der Waals surface area (Å²) >= 11 is 0. The highest BCUT2D eigenvalue weighted by atomic mass is 16.1. The van der Waals surface area contributed by atoms with Crippen molar-refractivity contribution in [3.05, 3.63) is 29.8 Å². The Morgan fingerprint density at radius 1 is 1.28 bits per heavy atom. The van der Waals surface area contributed by atoms with Crippen molar-refractivity contribution < 1.29 is 4.79 Å². The van der Waals surface area contributed by atoms with Gasteiger partial charge in [0.05, 0.1) is 0 Å². The van der Waals surface area contributed by atoms with Crippen LogP contribution in [0.15, 0.2) is 24.3 Å². The molecule has 98 valence electrons. The third-order valence-electron chi connectivity index (χ3n) is 3.41. The van der Waals surface area contributed by atoms with Gasteiger partial charge in [0.2, 0.25) is 5.91 Å². The molecule has 0 aromatic heterocycles. The van der Waals surface area contributed by atoms with E-state index in [0.29, 0.717) is 6.04 Å². The highest BCUT2D eigenvalue weighted by molar-refractivity contribution is 5.92. The van der Waals surface area contributed by atoms with Crippen LogP contribution in [0.3, 0.4) is 0 Å². The number of amides is 1. The number of hydrogen-bond donors (Lipinski definition) is 2. The van der Waals surface area contributed by atoms with Crippen molar-refractivity contribution in [1.29, 1.82) is 0 Å². The number of anilines is 1. The zero-order chi connectivity index (χ0) is 13.0. The summed E-state index contributed by atoms with van der Waals surface area (Å²) in [5.74, 6) is 0.418. The molecule has 2 rings (SSSR count). The Morgan fingerprint density at radius 3 is 2.44 bits per heavy atom. The van der Waals surface area contributed by atoms with Gasteiger partial charge in [-0.2, -0.15) is 0 Å². The molecule has 1 aliphatic carbocycles. The van der Waals surface area contributed by atoms with Gasteiger partial charge < -0.3 is 10.6 Å². The summed E-state index contributed by atoms with van der Waals surface area (Å²) in [6.45, 7) is 5.13. The molecule has 1 amide bonds. The summed E-state index contributed by atoms with van der Waals surface area (Å²) in [5, 5.41) is 6.35. The molecule has 1 aromatic rings. The number of carbonyl (C=O) groups is 1. The smallest absolute Gasteiger partial charge is 0.227 e. The zero-order valence-electron chi connectivity index (χ0n) is 11.2. The van der Waals surface area contributed by atoms with Crippen molar-refractivity contribution in [3.63, 3.8) is 0 Å². The molecule has 0 atom stereocenters. The first-order valence-corrected chi connectivity index (χ1v) is 6.78. The third-order valence-corrected chi connectivity index (χ3v) is 3.41. The van der Waals surface area contributed by atoms with Crippen LogP contribution in [-0.4, -0.2) is 11.9 Å². The average molecular weight is 246 g/mol. The zero-order valence-corrected chi connectivity index (χ0v) is 11.2. The standard InChI is InChI=1S/C15H22N2O/c1-11(2)16-10-12-6-8-14(9-7-12)17-15(18)13-4-3-5-13/h6-9,11,13,16H,3-5,10H2,1-2H3,(H,17,18). The molecular weight excluding hydrogens is 224 g/mol. The lowest BCUT2D eigenvalue weighted by Gasteiger charge is -2.24. The third kappa shape index (κ3) is 3.57. The van der Waals surface area contributed by atoms with Gasteiger partial charge in [0, 0.05) is 24.2 Å². The maximum Gasteiger partial charge on any atom is 0.227 e. The quantitative estimate of drug-likeness (QED) is 0.838. The van der Waals surface area contributed by atoms with Crippen molar-refractivity contribution in [2.75, 3.05) is 5.32 Å². The summed E-state index contributed by atoms with van der Waals surface area (Å²) in [5.41, 5.74) is 2.14. The van der Waals surface area contributed by atoms with Crippen molar-refractivity contribution in [1.82, 2.24) is 5.32 Å². The molecule has 0 radical (unpaired) electrons. The monoisotopic (exact) mass is 246 g/mol. The van der Waals surface area contributed by atoms with Crippen LogP contribution < -0.4 is 10.6 Å². The average Bonchev–Trinajstić information content (AvgIpc) is 2.25. The fourth-order valence-electron chi connectivity index (χ4n) is 1.94. The highest BCUT2D eigenvalue weighted by Gasteiger charge is 2.24. The van der Waals surface area contributed by atoms with Crippen LogP contribution in [0.4, 0.5) is 5.69 Å². The Balaban J connectivity index is 1.84. The van der Waals surface area contributed by atoms with E-state index in [1.54, 1.807) is 0 Å². The molecule has 0 bridgehead atoms. The lowest BCUT2D eigenvalue weighted by molar-refractivity contribution is -0.122. The minimum atomic E-state index is 0.175. The fraction of sp³-hybridized carbons (Fsp3) is 0.533. The van der Waals surface area contributed by atoms with Gasteiger partial charge in [-0.15, -0.1) is 0 Å². The first-order chi connectivity index (χ1) is 8.65.